The number of carbonyl (C=O) groups excluding carboxylic acids is 1. The molecule has 0 saturated carbocycles. The number of carbonyl (C=O) groups is 1. The number of amidine groups is 1. The molecule has 2 aliphatic heterocycles. The Morgan fingerprint density at radius 2 is 1.90 bits per heavy atom. The van der Waals surface area contributed by atoms with Gasteiger partial charge in [-0.25, -0.2) is 4.99 Å². The zero-order valence-corrected chi connectivity index (χ0v) is 20.3. The number of fused-ring (bicyclic) bond motifs is 1. The van der Waals surface area contributed by atoms with Gasteiger partial charge in [-0.1, -0.05) is 35.3 Å². The lowest BCUT2D eigenvalue weighted by Crippen LogP contribution is -2.42. The van der Waals surface area contributed by atoms with Crippen LogP contribution in [0.25, 0.3) is 11.6 Å². The fourth-order valence-corrected chi connectivity index (χ4v) is 4.94. The predicted molar refractivity (Wildman–Crippen MR) is 135 cm³/mol. The highest BCUT2D eigenvalue weighted by molar-refractivity contribution is 8.18. The normalized spacial score (nSPS) is 20.2. The highest BCUT2D eigenvalue weighted by atomic mass is 35.5. The molecule has 0 spiro atoms. The van der Waals surface area contributed by atoms with Crippen molar-refractivity contribution in [2.24, 2.45) is 4.99 Å². The van der Waals surface area contributed by atoms with E-state index in [1.54, 1.807) is 6.07 Å². The van der Waals surface area contributed by atoms with Crippen molar-refractivity contribution in [2.75, 3.05) is 11.9 Å². The number of benzene rings is 2. The lowest BCUT2D eigenvalue weighted by atomic mass is 9.88. The summed E-state index contributed by atoms with van der Waals surface area (Å²) in [4.78, 5) is 19.9. The van der Waals surface area contributed by atoms with E-state index in [1.165, 1.54) is 17.3 Å². The first-order valence-electron chi connectivity index (χ1n) is 9.88. The molecule has 0 aromatic heterocycles. The van der Waals surface area contributed by atoms with E-state index in [0.717, 1.165) is 28.1 Å². The van der Waals surface area contributed by atoms with Crippen LogP contribution in [0.4, 0.5) is 11.4 Å². The third kappa shape index (κ3) is 4.27. The average molecular weight is 472 g/mol. The molecule has 0 aliphatic carbocycles. The number of halogens is 2. The van der Waals surface area contributed by atoms with Gasteiger partial charge in [-0.3, -0.25) is 4.79 Å². The van der Waals surface area contributed by atoms with Gasteiger partial charge >= 0.3 is 0 Å². The Balaban J connectivity index is 1.68. The third-order valence-corrected chi connectivity index (χ3v) is 7.14. The fraction of sp³-hybridized carbons (Fsp3) is 0.250. The summed E-state index contributed by atoms with van der Waals surface area (Å²) in [5, 5.41) is 4.56. The monoisotopic (exact) mass is 471 g/mol. The minimum Gasteiger partial charge on any atom is -0.365 e. The Kier molecular flexibility index (Phi) is 5.71. The fourth-order valence-electron chi connectivity index (χ4n) is 3.73. The second-order valence-electron chi connectivity index (χ2n) is 8.34. The zero-order chi connectivity index (χ0) is 22.5. The van der Waals surface area contributed by atoms with Crippen molar-refractivity contribution in [1.29, 1.82) is 0 Å². The first-order valence-corrected chi connectivity index (χ1v) is 11.5. The molecule has 31 heavy (non-hydrogen) atoms. The molecule has 160 valence electrons. The van der Waals surface area contributed by atoms with Crippen LogP contribution in [0.1, 0.15) is 37.5 Å². The van der Waals surface area contributed by atoms with Crippen LogP contribution in [0.15, 0.2) is 46.3 Å². The van der Waals surface area contributed by atoms with Gasteiger partial charge in [0, 0.05) is 28.3 Å². The van der Waals surface area contributed by atoms with Crippen molar-refractivity contribution < 1.29 is 4.79 Å². The standard InChI is InChI=1S/C24H23Cl2N3OS/c1-13-6-7-16(25)10-19(13)27-23-28-22(30)21(31-23)9-15-8-17-14(2)12-24(3,4)29(5)20(17)11-18(15)26/h6-12H,1-5H3,(H,27,28,30)/b21-9+. The molecule has 0 bridgehead atoms. The van der Waals surface area contributed by atoms with Crippen molar-refractivity contribution in [1.82, 2.24) is 5.32 Å². The van der Waals surface area contributed by atoms with E-state index in [4.69, 9.17) is 23.2 Å². The molecule has 4 rings (SSSR count). The maximum absolute atomic E-state index is 12.6. The molecule has 1 fully saturated rings. The van der Waals surface area contributed by atoms with Crippen LogP contribution in [-0.2, 0) is 4.79 Å². The van der Waals surface area contributed by atoms with Crippen molar-refractivity contribution in [2.45, 2.75) is 33.2 Å². The molecule has 1 N–H and O–H groups in total. The van der Waals surface area contributed by atoms with Gasteiger partial charge in [0.05, 0.1) is 16.1 Å². The molecular formula is C24H23Cl2N3OS. The van der Waals surface area contributed by atoms with Gasteiger partial charge in [-0.15, -0.1) is 0 Å². The molecule has 2 aromatic carbocycles. The number of hydrogen-bond donors (Lipinski definition) is 1. The SMILES string of the molecule is CC1=CC(C)(C)N(C)c2cc(Cl)c(/C=C3/SC(=Nc4cc(Cl)ccc4C)NC3=O)cc21. The van der Waals surface area contributed by atoms with E-state index in [-0.39, 0.29) is 11.4 Å². The Bertz CT molecular complexity index is 1200. The molecule has 4 nitrogen and oxygen atoms in total. The molecule has 2 heterocycles. The molecule has 0 atom stereocenters. The van der Waals surface area contributed by atoms with Crippen LogP contribution in [0.5, 0.6) is 0 Å². The van der Waals surface area contributed by atoms with Gasteiger partial charge in [0.2, 0.25) is 0 Å². The van der Waals surface area contributed by atoms with Crippen LogP contribution < -0.4 is 10.2 Å². The lowest BCUT2D eigenvalue weighted by molar-refractivity contribution is -0.115. The number of hydrogen-bond acceptors (Lipinski definition) is 4. The maximum Gasteiger partial charge on any atom is 0.264 e. The number of amides is 1. The van der Waals surface area contributed by atoms with Crippen molar-refractivity contribution >= 4 is 69.1 Å². The Morgan fingerprint density at radius 3 is 2.65 bits per heavy atom. The van der Waals surface area contributed by atoms with Gasteiger partial charge in [-0.2, -0.15) is 0 Å². The van der Waals surface area contributed by atoms with E-state index in [2.05, 4.69) is 49.1 Å². The van der Waals surface area contributed by atoms with Crippen molar-refractivity contribution in [3.8, 4) is 0 Å². The van der Waals surface area contributed by atoms with Gasteiger partial charge in [-0.05, 0) is 86.5 Å². The lowest BCUT2D eigenvalue weighted by Gasteiger charge is -2.40. The maximum atomic E-state index is 12.6. The molecule has 0 radical (unpaired) electrons. The largest absolute Gasteiger partial charge is 0.365 e. The minimum absolute atomic E-state index is 0.0919. The number of thioether (sulfide) groups is 1. The average Bonchev–Trinajstić information content (AvgIpc) is 3.03. The van der Waals surface area contributed by atoms with E-state index >= 15 is 0 Å². The van der Waals surface area contributed by atoms with E-state index < -0.39 is 0 Å². The van der Waals surface area contributed by atoms with Gasteiger partial charge in [0.1, 0.15) is 0 Å². The topological polar surface area (TPSA) is 44.7 Å². The summed E-state index contributed by atoms with van der Waals surface area (Å²) in [7, 11) is 2.07. The smallest absolute Gasteiger partial charge is 0.264 e. The number of nitrogens with one attached hydrogen (secondary N) is 1. The van der Waals surface area contributed by atoms with Gasteiger partial charge in [0.15, 0.2) is 5.17 Å². The molecule has 0 unspecified atom stereocenters. The summed E-state index contributed by atoms with van der Waals surface area (Å²) in [6.45, 7) is 8.40. The van der Waals surface area contributed by atoms with Crippen molar-refractivity contribution in [3.05, 3.63) is 68.0 Å². The molecule has 2 aromatic rings. The summed E-state index contributed by atoms with van der Waals surface area (Å²) in [5.74, 6) is -0.192. The number of anilines is 1. The number of rotatable bonds is 2. The summed E-state index contributed by atoms with van der Waals surface area (Å²) >= 11 is 14.0. The zero-order valence-electron chi connectivity index (χ0n) is 18.0. The van der Waals surface area contributed by atoms with Crippen LogP contribution in [0.3, 0.4) is 0 Å². The van der Waals surface area contributed by atoms with Crippen molar-refractivity contribution in [3.63, 3.8) is 0 Å². The van der Waals surface area contributed by atoms with E-state index in [9.17, 15) is 4.79 Å². The second kappa shape index (κ2) is 8.05. The summed E-state index contributed by atoms with van der Waals surface area (Å²) in [6, 6.07) is 9.53. The first kappa shape index (κ1) is 22.0. The van der Waals surface area contributed by atoms with E-state index in [1.807, 2.05) is 37.3 Å². The minimum atomic E-state index is -0.192. The number of allylic oxidation sites excluding steroid dienone is 1. The highest BCUT2D eigenvalue weighted by Gasteiger charge is 2.30. The quantitative estimate of drug-likeness (QED) is 0.488. The Labute approximate surface area is 197 Å². The Hall–Kier alpha value is -2.21. The summed E-state index contributed by atoms with van der Waals surface area (Å²) in [5.41, 5.74) is 5.82. The second-order valence-corrected chi connectivity index (χ2v) is 10.2. The van der Waals surface area contributed by atoms with Crippen LogP contribution in [0.2, 0.25) is 10.0 Å². The van der Waals surface area contributed by atoms with Gasteiger partial charge < -0.3 is 10.2 Å². The molecule has 7 heteroatoms. The summed E-state index contributed by atoms with van der Waals surface area (Å²) in [6.07, 6.45) is 4.07. The number of nitrogens with zero attached hydrogens (tertiary/aromatic N) is 2. The number of likely N-dealkylation sites (N-methyl/N-ethyl adjacent to an activating group) is 1. The molecule has 1 saturated heterocycles. The van der Waals surface area contributed by atoms with Gasteiger partial charge in [0.25, 0.3) is 5.91 Å². The van der Waals surface area contributed by atoms with E-state index in [0.29, 0.717) is 20.1 Å². The first-order chi connectivity index (χ1) is 14.5. The van der Waals surface area contributed by atoms with Crippen LogP contribution >= 0.6 is 35.0 Å². The molecule has 2 aliphatic rings. The predicted octanol–water partition coefficient (Wildman–Crippen LogP) is 6.83. The summed E-state index contributed by atoms with van der Waals surface area (Å²) < 4.78 is 0. The van der Waals surface area contributed by atoms with Crippen LogP contribution in [0, 0.1) is 6.92 Å². The molecular weight excluding hydrogens is 449 g/mol. The van der Waals surface area contributed by atoms with Crippen LogP contribution in [-0.4, -0.2) is 23.7 Å². The number of aryl methyl sites for hydroxylation is 1. The highest BCUT2D eigenvalue weighted by Crippen LogP contribution is 2.41. The third-order valence-electron chi connectivity index (χ3n) is 5.67. The molecule has 1 amide bonds. The number of aliphatic imine (C=N–C) groups is 1. The Morgan fingerprint density at radius 1 is 1.16 bits per heavy atom.